The zero-order valence-electron chi connectivity index (χ0n) is 14.7. The number of nitrogens with one attached hydrogen (secondary N) is 1. The maximum absolute atomic E-state index is 12.5. The Balaban J connectivity index is 1.58. The molecule has 2 aromatic heterocycles. The van der Waals surface area contributed by atoms with Crippen LogP contribution in [0.15, 0.2) is 36.9 Å². The van der Waals surface area contributed by atoms with Crippen molar-refractivity contribution < 1.29 is 9.90 Å². The van der Waals surface area contributed by atoms with E-state index in [1.54, 1.807) is 23.3 Å². The van der Waals surface area contributed by atoms with E-state index in [9.17, 15) is 9.90 Å². The molecule has 25 heavy (non-hydrogen) atoms. The first-order chi connectivity index (χ1) is 12.0. The van der Waals surface area contributed by atoms with Gasteiger partial charge in [0.15, 0.2) is 0 Å². The lowest BCUT2D eigenvalue weighted by atomic mass is 9.75. The van der Waals surface area contributed by atoms with Crippen molar-refractivity contribution in [2.45, 2.75) is 31.5 Å². The van der Waals surface area contributed by atoms with E-state index in [-0.39, 0.29) is 24.0 Å². The van der Waals surface area contributed by atoms with Crippen LogP contribution in [0.4, 0.5) is 0 Å². The van der Waals surface area contributed by atoms with Crippen LogP contribution >= 0.6 is 0 Å². The van der Waals surface area contributed by atoms with E-state index in [1.807, 2.05) is 37.3 Å². The number of hydrogen-bond donors (Lipinski definition) is 2. The van der Waals surface area contributed by atoms with Crippen LogP contribution < -0.4 is 5.32 Å². The Labute approximate surface area is 147 Å². The molecule has 1 aliphatic rings. The summed E-state index contributed by atoms with van der Waals surface area (Å²) in [5.41, 5.74) is 2.11. The van der Waals surface area contributed by atoms with Crippen LogP contribution in [0.3, 0.4) is 0 Å². The summed E-state index contributed by atoms with van der Waals surface area (Å²) < 4.78 is 1.74. The molecule has 0 spiro atoms. The third-order valence-corrected chi connectivity index (χ3v) is 4.64. The van der Waals surface area contributed by atoms with Crippen molar-refractivity contribution in [1.29, 1.82) is 0 Å². The molecule has 7 nitrogen and oxygen atoms in total. The Morgan fingerprint density at radius 3 is 2.76 bits per heavy atom. The van der Waals surface area contributed by atoms with E-state index in [1.165, 1.54) is 0 Å². The van der Waals surface area contributed by atoms with E-state index in [2.05, 4.69) is 15.4 Å². The Hall–Kier alpha value is -2.25. The number of hydrogen-bond acceptors (Lipinski definition) is 5. The first-order valence-corrected chi connectivity index (χ1v) is 8.54. The normalized spacial score (nSPS) is 21.0. The summed E-state index contributed by atoms with van der Waals surface area (Å²) in [6, 6.07) is 3.80. The second-order valence-corrected chi connectivity index (χ2v) is 6.91. The van der Waals surface area contributed by atoms with Crippen molar-refractivity contribution in [2.24, 2.45) is 13.0 Å². The number of aryl methyl sites for hydroxylation is 1. The molecule has 0 saturated heterocycles. The van der Waals surface area contributed by atoms with Crippen molar-refractivity contribution in [3.8, 4) is 0 Å². The average molecular weight is 343 g/mol. The van der Waals surface area contributed by atoms with Crippen LogP contribution in [-0.2, 0) is 18.4 Å². The van der Waals surface area contributed by atoms with E-state index in [4.69, 9.17) is 0 Å². The smallest absolute Gasteiger partial charge is 0.234 e. The predicted molar refractivity (Wildman–Crippen MR) is 93.4 cm³/mol. The molecule has 1 saturated carbocycles. The lowest BCUT2D eigenvalue weighted by Gasteiger charge is -2.37. The SMILES string of the molecule is CN(CC(=O)N[C@@H](c1cnn(C)c1)C1CC(O)C1)Cc1ccncc1. The summed E-state index contributed by atoms with van der Waals surface area (Å²) in [5, 5.41) is 17.0. The number of pyridine rings is 1. The van der Waals surface area contributed by atoms with Crippen molar-refractivity contribution in [3.63, 3.8) is 0 Å². The van der Waals surface area contributed by atoms with Gasteiger partial charge in [0, 0.05) is 37.7 Å². The Bertz CT molecular complexity index is 697. The van der Waals surface area contributed by atoms with Gasteiger partial charge in [0.1, 0.15) is 0 Å². The minimum absolute atomic E-state index is 0.0215. The zero-order chi connectivity index (χ0) is 17.8. The number of aliphatic hydroxyl groups excluding tert-OH is 1. The molecule has 0 aliphatic heterocycles. The van der Waals surface area contributed by atoms with Gasteiger partial charge < -0.3 is 10.4 Å². The molecule has 7 heteroatoms. The second kappa shape index (κ2) is 7.76. The number of amides is 1. The monoisotopic (exact) mass is 343 g/mol. The minimum atomic E-state index is -0.254. The Morgan fingerprint density at radius 2 is 2.16 bits per heavy atom. The maximum Gasteiger partial charge on any atom is 0.234 e. The molecule has 1 fully saturated rings. The standard InChI is InChI=1S/C18H25N5O2/c1-22(10-13-3-5-19-6-4-13)12-17(25)21-18(14-7-16(24)8-14)15-9-20-23(2)11-15/h3-6,9,11,14,16,18,24H,7-8,10,12H2,1-2H3,(H,21,25)/t14?,16?,18-/m1/s1. The number of carbonyl (C=O) groups is 1. The van der Waals surface area contributed by atoms with Gasteiger partial charge in [-0.15, -0.1) is 0 Å². The molecule has 1 aliphatic carbocycles. The summed E-state index contributed by atoms with van der Waals surface area (Å²) >= 11 is 0. The van der Waals surface area contributed by atoms with Gasteiger partial charge in [0.25, 0.3) is 0 Å². The van der Waals surface area contributed by atoms with Gasteiger partial charge in [-0.1, -0.05) is 0 Å². The van der Waals surface area contributed by atoms with Crippen LogP contribution in [0.1, 0.15) is 30.0 Å². The van der Waals surface area contributed by atoms with Gasteiger partial charge in [-0.2, -0.15) is 5.10 Å². The molecule has 2 N–H and O–H groups in total. The van der Waals surface area contributed by atoms with E-state index >= 15 is 0 Å². The summed E-state index contributed by atoms with van der Waals surface area (Å²) in [6.45, 7) is 1.00. The second-order valence-electron chi connectivity index (χ2n) is 6.91. The van der Waals surface area contributed by atoms with Gasteiger partial charge >= 0.3 is 0 Å². The molecular weight excluding hydrogens is 318 g/mol. The molecule has 2 aromatic rings. The number of aliphatic hydroxyl groups is 1. The van der Waals surface area contributed by atoms with E-state index in [0.717, 1.165) is 11.1 Å². The first kappa shape index (κ1) is 17.6. The fourth-order valence-electron chi connectivity index (χ4n) is 3.30. The number of rotatable bonds is 7. The van der Waals surface area contributed by atoms with Crippen LogP contribution in [0.25, 0.3) is 0 Å². The van der Waals surface area contributed by atoms with Crippen molar-refractivity contribution in [1.82, 2.24) is 25.0 Å². The van der Waals surface area contributed by atoms with E-state index < -0.39 is 0 Å². The predicted octanol–water partition coefficient (Wildman–Crippen LogP) is 0.875. The molecule has 0 radical (unpaired) electrons. The molecule has 0 unspecified atom stereocenters. The number of carbonyl (C=O) groups excluding carboxylic acids is 1. The lowest BCUT2D eigenvalue weighted by Crippen LogP contribution is -2.44. The molecule has 3 rings (SSSR count). The fraction of sp³-hybridized carbons (Fsp3) is 0.500. The summed E-state index contributed by atoms with van der Waals surface area (Å²) in [7, 11) is 3.78. The van der Waals surface area contributed by atoms with Gasteiger partial charge in [-0.3, -0.25) is 19.4 Å². The average Bonchev–Trinajstić information content (AvgIpc) is 2.97. The Kier molecular flexibility index (Phi) is 5.45. The highest BCUT2D eigenvalue weighted by atomic mass is 16.3. The van der Waals surface area contributed by atoms with Gasteiger partial charge in [-0.05, 0) is 43.5 Å². The summed E-state index contributed by atoms with van der Waals surface area (Å²) in [4.78, 5) is 18.5. The molecule has 1 atom stereocenters. The molecule has 134 valence electrons. The molecular formula is C18H25N5O2. The molecule has 2 heterocycles. The summed E-state index contributed by atoms with van der Waals surface area (Å²) in [5.74, 6) is 0.237. The quantitative estimate of drug-likeness (QED) is 0.780. The minimum Gasteiger partial charge on any atom is -0.393 e. The largest absolute Gasteiger partial charge is 0.393 e. The van der Waals surface area contributed by atoms with Crippen LogP contribution in [0, 0.1) is 5.92 Å². The number of nitrogens with zero attached hydrogens (tertiary/aromatic N) is 4. The zero-order valence-corrected chi connectivity index (χ0v) is 14.7. The van der Waals surface area contributed by atoms with Gasteiger partial charge in [-0.25, -0.2) is 0 Å². The van der Waals surface area contributed by atoms with Crippen molar-refractivity contribution in [3.05, 3.63) is 48.0 Å². The lowest BCUT2D eigenvalue weighted by molar-refractivity contribution is -0.124. The maximum atomic E-state index is 12.5. The van der Waals surface area contributed by atoms with E-state index in [0.29, 0.717) is 25.9 Å². The van der Waals surface area contributed by atoms with Crippen molar-refractivity contribution in [2.75, 3.05) is 13.6 Å². The van der Waals surface area contributed by atoms with Crippen LogP contribution in [0.5, 0.6) is 0 Å². The Morgan fingerprint density at radius 1 is 1.44 bits per heavy atom. The van der Waals surface area contributed by atoms with Crippen molar-refractivity contribution >= 4 is 5.91 Å². The van der Waals surface area contributed by atoms with Crippen LogP contribution in [0.2, 0.25) is 0 Å². The summed E-state index contributed by atoms with van der Waals surface area (Å²) in [6.07, 6.45) is 8.40. The topological polar surface area (TPSA) is 83.3 Å². The highest BCUT2D eigenvalue weighted by molar-refractivity contribution is 5.78. The highest BCUT2D eigenvalue weighted by Gasteiger charge is 2.36. The third-order valence-electron chi connectivity index (χ3n) is 4.64. The van der Waals surface area contributed by atoms with Gasteiger partial charge in [0.2, 0.25) is 5.91 Å². The number of likely N-dealkylation sites (N-methyl/N-ethyl adjacent to an activating group) is 1. The van der Waals surface area contributed by atoms with Crippen LogP contribution in [-0.4, -0.2) is 50.4 Å². The fourth-order valence-corrected chi connectivity index (χ4v) is 3.30. The number of aromatic nitrogens is 3. The molecule has 0 bridgehead atoms. The highest BCUT2D eigenvalue weighted by Crippen LogP contribution is 2.37. The molecule has 0 aromatic carbocycles. The molecule has 1 amide bonds. The first-order valence-electron chi connectivity index (χ1n) is 8.54. The third kappa shape index (κ3) is 4.64. The van der Waals surface area contributed by atoms with Gasteiger partial charge in [0.05, 0.1) is 24.9 Å².